The van der Waals surface area contributed by atoms with E-state index in [-0.39, 0.29) is 70.9 Å². The molecule has 6 aliphatic rings. The number of carbonyl (C=O) groups is 10. The number of piperidine rings is 2. The van der Waals surface area contributed by atoms with Crippen LogP contribution in [-0.2, 0) is 16.0 Å². The highest BCUT2D eigenvalue weighted by Gasteiger charge is 2.32. The third-order valence-electron chi connectivity index (χ3n) is 27.9. The average molecular weight is 1960 g/mol. The molecule has 6 aliphatic heterocycles. The lowest BCUT2D eigenvalue weighted by Crippen LogP contribution is -2.49. The van der Waals surface area contributed by atoms with Crippen LogP contribution in [0.5, 0.6) is 0 Å². The number of aliphatic carboxylic acids is 1. The maximum absolute atomic E-state index is 12.4. The zero-order valence-electron chi connectivity index (χ0n) is 85.6. The molecular weight excluding hydrogens is 1800 g/mol. The Morgan fingerprint density at radius 2 is 0.639 bits per heavy atom. The number of nitrogens with zero attached hydrogens (tertiary/aromatic N) is 10. The Balaban J connectivity index is 0.000000174. The smallest absolute Gasteiger partial charge is 0.321 e. The van der Waals surface area contributed by atoms with Crippen molar-refractivity contribution in [3.8, 4) is 0 Å². The van der Waals surface area contributed by atoms with E-state index < -0.39 is 12.0 Å². The van der Waals surface area contributed by atoms with Crippen LogP contribution in [0.25, 0.3) is 0 Å². The van der Waals surface area contributed by atoms with Crippen LogP contribution in [0, 0.1) is 12.8 Å². The van der Waals surface area contributed by atoms with Crippen LogP contribution in [0.2, 0.25) is 0 Å². The van der Waals surface area contributed by atoms with Crippen LogP contribution in [0.1, 0.15) is 229 Å². The predicted octanol–water partition coefficient (Wildman–Crippen LogP) is 18.2. The first-order valence-electron chi connectivity index (χ1n) is 52.2. The van der Waals surface area contributed by atoms with Gasteiger partial charge in [-0.2, -0.15) is 0 Å². The third kappa shape index (κ3) is 40.1. The minimum atomic E-state index is -0.898. The Morgan fingerprint density at radius 1 is 0.333 bits per heavy atom. The molecule has 16 rings (SSSR count). The van der Waals surface area contributed by atoms with E-state index >= 15 is 0 Å². The Labute approximate surface area is 855 Å². The number of hydrogen-bond acceptors (Lipinski definition) is 20. The number of rotatable bonds is 38. The fraction of sp³-hybridized carbons (Fsp3) is 0.421. The van der Waals surface area contributed by atoms with E-state index in [1.807, 2.05) is 240 Å². The number of aliphatic hydroxyl groups is 2. The van der Waals surface area contributed by atoms with Gasteiger partial charge in [-0.05, 0) is 132 Å². The number of aryl methyl sites for hydroxylation is 2. The van der Waals surface area contributed by atoms with Crippen molar-refractivity contribution in [2.24, 2.45) is 5.92 Å². The molecule has 2 amide bonds. The van der Waals surface area contributed by atoms with E-state index in [0.717, 1.165) is 247 Å². The van der Waals surface area contributed by atoms with Gasteiger partial charge < -0.3 is 44.7 Å². The predicted molar refractivity (Wildman–Crippen MR) is 575 cm³/mol. The van der Waals surface area contributed by atoms with Gasteiger partial charge in [0.2, 0.25) is 5.91 Å². The largest absolute Gasteiger partial charge is 0.480 e. The molecule has 6 heterocycles. The van der Waals surface area contributed by atoms with E-state index in [1.165, 1.54) is 22.3 Å². The SMILES string of the molecule is CC(=O)N1CCN(CCC(=O)c2ccccc2)CC1.CCN(CC)CCC(=O)c1ccc(C)cc1.CCc1ccc(C(=O)CC(C(=O)O)N2CCCC2)cc1.O=C(CCN1CCC(CCO)CC1)c1ccccc1.O=C(CCN1CCC(O)CC1)c1ccccc1.O=C(CCN1CCN(C(=O)c2ccccc2)CC1)c1ccccc1.O=C(CCN1CCN(C(c2ccccc2)c2ccccc2)CC1)c1ccccc1. The molecule has 0 aromatic heterocycles. The molecule has 0 radical (unpaired) electrons. The molecule has 10 aromatic carbocycles. The number of amides is 2. The van der Waals surface area contributed by atoms with Crippen LogP contribution in [0.3, 0.4) is 0 Å². The summed E-state index contributed by atoms with van der Waals surface area (Å²) in [6.07, 6.45) is 11.2. The van der Waals surface area contributed by atoms with Crippen molar-refractivity contribution in [3.05, 3.63) is 358 Å². The van der Waals surface area contributed by atoms with Crippen LogP contribution < -0.4 is 0 Å². The molecule has 0 aliphatic carbocycles. The van der Waals surface area contributed by atoms with Crippen LogP contribution in [0.15, 0.2) is 291 Å². The third-order valence-corrected chi connectivity index (χ3v) is 27.9. The van der Waals surface area contributed by atoms with Gasteiger partial charge in [0.25, 0.3) is 5.91 Å². The van der Waals surface area contributed by atoms with Crippen molar-refractivity contribution in [2.45, 2.75) is 149 Å². The number of aliphatic hydroxyl groups excluding tert-OH is 2. The molecule has 0 spiro atoms. The number of hydrogen-bond donors (Lipinski definition) is 3. The summed E-state index contributed by atoms with van der Waals surface area (Å²) >= 11 is 0. The summed E-state index contributed by atoms with van der Waals surface area (Å²) in [6.45, 7) is 33.0. The Bertz CT molecular complexity index is 5360. The highest BCUT2D eigenvalue weighted by atomic mass is 16.4. The lowest BCUT2D eigenvalue weighted by atomic mass is 9.94. The second-order valence-electron chi connectivity index (χ2n) is 37.9. The molecule has 766 valence electrons. The summed E-state index contributed by atoms with van der Waals surface area (Å²) in [4.78, 5) is 142. The van der Waals surface area contributed by atoms with Gasteiger partial charge in [0.05, 0.1) is 12.1 Å². The first-order chi connectivity index (χ1) is 70.0. The van der Waals surface area contributed by atoms with Gasteiger partial charge in [-0.25, -0.2) is 0 Å². The minimum Gasteiger partial charge on any atom is -0.480 e. The highest BCUT2D eigenvalue weighted by molar-refractivity contribution is 6.00. The molecule has 3 N–H and O–H groups in total. The quantitative estimate of drug-likeness (QED) is 0.0304. The molecule has 0 saturated carbocycles. The highest BCUT2D eigenvalue weighted by Crippen LogP contribution is 2.31. The zero-order valence-corrected chi connectivity index (χ0v) is 85.6. The lowest BCUT2D eigenvalue weighted by molar-refractivity contribution is -0.142. The molecule has 6 saturated heterocycles. The van der Waals surface area contributed by atoms with Gasteiger partial charge in [-0.1, -0.05) is 305 Å². The first kappa shape index (κ1) is 114. The molecule has 144 heavy (non-hydrogen) atoms. The summed E-state index contributed by atoms with van der Waals surface area (Å²) in [5.41, 5.74) is 11.2. The molecule has 6 fully saturated rings. The number of carboxylic acids is 1. The van der Waals surface area contributed by atoms with Crippen molar-refractivity contribution in [1.82, 2.24) is 49.0 Å². The summed E-state index contributed by atoms with van der Waals surface area (Å²) in [6, 6.07) is 93.2. The first-order valence-corrected chi connectivity index (χ1v) is 52.2. The van der Waals surface area contributed by atoms with Crippen molar-refractivity contribution >= 4 is 58.3 Å². The van der Waals surface area contributed by atoms with Crippen molar-refractivity contribution < 1.29 is 63.3 Å². The number of piperazine rings is 3. The van der Waals surface area contributed by atoms with Gasteiger partial charge in [-0.3, -0.25) is 67.5 Å². The van der Waals surface area contributed by atoms with E-state index in [2.05, 4.69) is 116 Å². The standard InChI is InChI=1S/C26H28N2O.C20H22N2O2.C16H21NO3.C16H23NO2.C15H20N2O2.C14H19NO2.C14H21NO/c29-25(22-10-4-1-5-11-22)16-17-27-18-20-28(21-19-27)26(23-12-6-2-7-13-23)24-14-8-3-9-15-24;23-19(17-7-3-1-4-8-17)11-12-21-13-15-22(16-14-21)20(24)18-9-5-2-6-10-18;1-2-12-5-7-13(8-6-12)15(18)11-14(16(19)20)17-9-3-4-10-17;18-13-9-14-6-10-17(11-7-14)12-8-16(19)15-4-2-1-3-5-15;1-13(18)17-11-9-16(10-12-17)8-7-15(19)14-5-3-2-4-6-14;16-13-6-9-15(10-7-13)11-8-14(17)12-4-2-1-3-5-12;1-4-15(5-2)11-10-14(16)13-8-6-12(3)7-9-13/h1-15,26H,16-21H2;1-10H,11-16H2;5-8,14H,2-4,9-11H2,1H3,(H,19,20);1-5,14,18H,6-13H2;2-6H,7-12H2,1H3;1-5,13,16H,6-11H2;6-9H,4-5,10-11H2,1-3H3. The normalized spacial score (nSPS) is 15.8. The second-order valence-corrected chi connectivity index (χ2v) is 37.9. The van der Waals surface area contributed by atoms with Gasteiger partial charge in [0.15, 0.2) is 40.5 Å². The van der Waals surface area contributed by atoms with E-state index in [9.17, 15) is 58.2 Å². The maximum atomic E-state index is 12.4. The van der Waals surface area contributed by atoms with Crippen LogP contribution in [-0.4, -0.2) is 312 Å². The number of likely N-dealkylation sites (tertiary alicyclic amines) is 3. The van der Waals surface area contributed by atoms with Gasteiger partial charge >= 0.3 is 5.97 Å². The lowest BCUT2D eigenvalue weighted by Gasteiger charge is -2.39. The molecule has 23 heteroatoms. The van der Waals surface area contributed by atoms with Crippen LogP contribution >= 0.6 is 0 Å². The number of ketones is 7. The van der Waals surface area contributed by atoms with Crippen molar-refractivity contribution in [3.63, 3.8) is 0 Å². The molecule has 0 bridgehead atoms. The summed E-state index contributed by atoms with van der Waals surface area (Å²) in [7, 11) is 0. The van der Waals surface area contributed by atoms with Crippen molar-refractivity contribution in [2.75, 3.05) is 177 Å². The monoisotopic (exact) mass is 1960 g/mol. The Morgan fingerprint density at radius 3 is 0.979 bits per heavy atom. The fourth-order valence-electron chi connectivity index (χ4n) is 18.6. The fourth-order valence-corrected chi connectivity index (χ4v) is 18.6. The molecular formula is C121H154N10O13. The van der Waals surface area contributed by atoms with Gasteiger partial charge in [0.1, 0.15) is 6.04 Å². The molecule has 1 unspecified atom stereocenters. The number of Topliss-reactive ketones (excluding diaryl/α,β-unsaturated/α-hetero) is 7. The maximum Gasteiger partial charge on any atom is 0.321 e. The van der Waals surface area contributed by atoms with E-state index in [4.69, 9.17) is 5.11 Å². The Hall–Kier alpha value is -12.1. The zero-order chi connectivity index (χ0) is 102. The second kappa shape index (κ2) is 63.9. The van der Waals surface area contributed by atoms with Gasteiger partial charge in [0, 0.05) is 234 Å². The summed E-state index contributed by atoms with van der Waals surface area (Å²) < 4.78 is 0. The molecule has 1 atom stereocenters. The van der Waals surface area contributed by atoms with Crippen molar-refractivity contribution in [1.29, 1.82) is 0 Å². The van der Waals surface area contributed by atoms with Crippen LogP contribution in [0.4, 0.5) is 0 Å². The molecule has 10 aromatic rings. The topological polar surface area (TPSA) is 264 Å². The number of benzene rings is 10. The molecule has 23 nitrogen and oxygen atoms in total. The van der Waals surface area contributed by atoms with Gasteiger partial charge in [-0.15, -0.1) is 0 Å². The van der Waals surface area contributed by atoms with E-state index in [1.54, 1.807) is 19.1 Å². The minimum absolute atomic E-state index is 0.0564. The van der Waals surface area contributed by atoms with E-state index in [0.29, 0.717) is 69.7 Å². The number of carboxylic acid groups (broad SMARTS) is 1. The Kier molecular flexibility index (Phi) is 50.5. The summed E-state index contributed by atoms with van der Waals surface area (Å²) in [5.74, 6) is 1.20. The number of carbonyl (C=O) groups excluding carboxylic acids is 9. The average Bonchev–Trinajstić information content (AvgIpc) is 0.889. The summed E-state index contributed by atoms with van der Waals surface area (Å²) in [5, 5.41) is 27.6.